The molecule has 3 aliphatic rings. The van der Waals surface area contributed by atoms with Crippen molar-refractivity contribution in [1.29, 1.82) is 0 Å². The molecule has 5 heteroatoms. The zero-order chi connectivity index (χ0) is 17.1. The number of phenolic OH excluding ortho intramolecular Hbond substituents is 1. The summed E-state index contributed by atoms with van der Waals surface area (Å²) < 4.78 is 6.14. The number of ether oxygens (including phenoxy) is 1. The molecule has 1 spiro atoms. The van der Waals surface area contributed by atoms with Gasteiger partial charge in [-0.3, -0.25) is 9.78 Å². The molecule has 2 fully saturated rings. The number of fused-ring (bicyclic) bond motifs is 2. The summed E-state index contributed by atoms with van der Waals surface area (Å²) in [5.41, 5.74) is 2.56. The molecule has 5 rings (SSSR count). The van der Waals surface area contributed by atoms with Crippen molar-refractivity contribution in [3.63, 3.8) is 0 Å². The average Bonchev–Trinajstić information content (AvgIpc) is 3.22. The van der Waals surface area contributed by atoms with Gasteiger partial charge in [0.15, 0.2) is 0 Å². The largest absolute Gasteiger partial charge is 0.508 e. The molecule has 1 saturated carbocycles. The van der Waals surface area contributed by atoms with Crippen LogP contribution in [0.25, 0.3) is 0 Å². The highest BCUT2D eigenvalue weighted by molar-refractivity contribution is 5.91. The maximum atomic E-state index is 13.3. The Kier molecular flexibility index (Phi) is 3.01. The van der Waals surface area contributed by atoms with E-state index in [1.54, 1.807) is 18.3 Å². The lowest BCUT2D eigenvalue weighted by molar-refractivity contribution is -0.134. The first kappa shape index (κ1) is 14.9. The molecular weight excluding hydrogens is 316 g/mol. The maximum absolute atomic E-state index is 13.3. The van der Waals surface area contributed by atoms with Gasteiger partial charge in [0.05, 0.1) is 18.6 Å². The Bertz CT molecular complexity index is 844. The van der Waals surface area contributed by atoms with Crippen LogP contribution in [0.4, 0.5) is 0 Å². The Morgan fingerprint density at radius 3 is 2.72 bits per heavy atom. The van der Waals surface area contributed by atoms with Gasteiger partial charge < -0.3 is 14.7 Å². The molecule has 5 nitrogen and oxygen atoms in total. The van der Waals surface area contributed by atoms with Crippen molar-refractivity contribution in [2.45, 2.75) is 36.9 Å². The number of nitrogens with zero attached hydrogens (tertiary/aromatic N) is 2. The summed E-state index contributed by atoms with van der Waals surface area (Å²) in [5.74, 6) is 0.429. The van der Waals surface area contributed by atoms with E-state index >= 15 is 0 Å². The molecule has 0 bridgehead atoms. The molecule has 128 valence electrons. The van der Waals surface area contributed by atoms with Gasteiger partial charge >= 0.3 is 0 Å². The molecule has 0 radical (unpaired) electrons. The predicted molar refractivity (Wildman–Crippen MR) is 90.9 cm³/mol. The predicted octanol–water partition coefficient (Wildman–Crippen LogP) is 2.48. The van der Waals surface area contributed by atoms with Gasteiger partial charge in [-0.05, 0) is 48.6 Å². The summed E-state index contributed by atoms with van der Waals surface area (Å²) in [6.45, 7) is 1.91. The van der Waals surface area contributed by atoms with Crippen molar-refractivity contribution in [2.75, 3.05) is 13.1 Å². The number of pyridine rings is 1. The van der Waals surface area contributed by atoms with Crippen molar-refractivity contribution in [3.8, 4) is 5.75 Å². The molecule has 1 atom stereocenters. The lowest BCUT2D eigenvalue weighted by Crippen LogP contribution is -2.40. The van der Waals surface area contributed by atoms with Crippen molar-refractivity contribution in [3.05, 3.63) is 59.4 Å². The van der Waals surface area contributed by atoms with E-state index in [1.165, 1.54) is 5.56 Å². The van der Waals surface area contributed by atoms with Gasteiger partial charge in [-0.25, -0.2) is 0 Å². The average molecular weight is 336 g/mol. The molecule has 1 aromatic heterocycles. The second-order valence-corrected chi connectivity index (χ2v) is 7.42. The Morgan fingerprint density at radius 2 is 1.96 bits per heavy atom. The quantitative estimate of drug-likeness (QED) is 0.915. The lowest BCUT2D eigenvalue weighted by Gasteiger charge is -2.27. The minimum Gasteiger partial charge on any atom is -0.508 e. The molecule has 1 amide bonds. The first-order valence-electron chi connectivity index (χ1n) is 8.79. The summed E-state index contributed by atoms with van der Waals surface area (Å²) in [4.78, 5) is 19.4. The highest BCUT2D eigenvalue weighted by atomic mass is 16.5. The number of phenols is 1. The van der Waals surface area contributed by atoms with E-state index in [-0.39, 0.29) is 17.3 Å². The van der Waals surface area contributed by atoms with Crippen LogP contribution in [-0.4, -0.2) is 34.0 Å². The zero-order valence-electron chi connectivity index (χ0n) is 13.9. The van der Waals surface area contributed by atoms with E-state index in [9.17, 15) is 9.90 Å². The van der Waals surface area contributed by atoms with E-state index in [0.717, 1.165) is 36.9 Å². The topological polar surface area (TPSA) is 62.7 Å². The van der Waals surface area contributed by atoms with Gasteiger partial charge in [0.1, 0.15) is 11.4 Å². The molecule has 1 saturated heterocycles. The standard InChI is InChI=1S/C20H20N2O3/c23-16-3-1-15(2-4-16)19(6-7-19)18(24)22-10-8-20(13-22)17-5-9-21-11-14(17)12-25-20/h1-5,9,11,23H,6-8,10,12-13H2. The molecule has 3 heterocycles. The number of amides is 1. The van der Waals surface area contributed by atoms with Crippen LogP contribution in [0, 0.1) is 0 Å². The van der Waals surface area contributed by atoms with Crippen LogP contribution < -0.4 is 0 Å². The smallest absolute Gasteiger partial charge is 0.233 e. The van der Waals surface area contributed by atoms with Crippen LogP contribution >= 0.6 is 0 Å². The van der Waals surface area contributed by atoms with Gasteiger partial charge in [0.2, 0.25) is 5.91 Å². The fraction of sp³-hybridized carbons (Fsp3) is 0.400. The molecule has 2 aromatic rings. The van der Waals surface area contributed by atoms with Crippen molar-refractivity contribution < 1.29 is 14.6 Å². The third kappa shape index (κ3) is 2.12. The number of rotatable bonds is 2. The van der Waals surface area contributed by atoms with E-state index in [2.05, 4.69) is 4.98 Å². The molecule has 1 aliphatic carbocycles. The maximum Gasteiger partial charge on any atom is 0.233 e. The molecule has 1 unspecified atom stereocenters. The highest BCUT2D eigenvalue weighted by Crippen LogP contribution is 2.52. The summed E-state index contributed by atoms with van der Waals surface area (Å²) >= 11 is 0. The van der Waals surface area contributed by atoms with E-state index < -0.39 is 5.41 Å². The lowest BCUT2D eigenvalue weighted by atomic mass is 9.92. The molecule has 1 aromatic carbocycles. The summed E-state index contributed by atoms with van der Waals surface area (Å²) in [6, 6.07) is 9.11. The van der Waals surface area contributed by atoms with Gasteiger partial charge in [0, 0.05) is 24.5 Å². The molecule has 2 aliphatic heterocycles. The highest BCUT2D eigenvalue weighted by Gasteiger charge is 2.56. The van der Waals surface area contributed by atoms with E-state index in [1.807, 2.05) is 29.3 Å². The summed E-state index contributed by atoms with van der Waals surface area (Å²) in [6.07, 6.45) is 6.26. The third-order valence-corrected chi connectivity index (χ3v) is 6.00. The normalized spacial score (nSPS) is 26.0. The Balaban J connectivity index is 1.41. The minimum absolute atomic E-state index is 0.196. The third-order valence-electron chi connectivity index (χ3n) is 6.00. The zero-order valence-corrected chi connectivity index (χ0v) is 13.9. The number of carbonyl (C=O) groups excluding carboxylic acids is 1. The second-order valence-electron chi connectivity index (χ2n) is 7.42. The summed E-state index contributed by atoms with van der Waals surface area (Å²) in [7, 11) is 0. The number of likely N-dealkylation sites (tertiary alicyclic amines) is 1. The minimum atomic E-state index is -0.404. The fourth-order valence-corrected chi connectivity index (χ4v) is 4.41. The van der Waals surface area contributed by atoms with Gasteiger partial charge in [-0.15, -0.1) is 0 Å². The first-order valence-corrected chi connectivity index (χ1v) is 8.79. The van der Waals surface area contributed by atoms with Crippen LogP contribution in [0.15, 0.2) is 42.7 Å². The van der Waals surface area contributed by atoms with Crippen LogP contribution in [0.5, 0.6) is 5.75 Å². The number of aromatic nitrogens is 1. The Hall–Kier alpha value is -2.40. The number of hydrogen-bond acceptors (Lipinski definition) is 4. The van der Waals surface area contributed by atoms with Crippen LogP contribution in [-0.2, 0) is 27.2 Å². The number of aromatic hydroxyl groups is 1. The SMILES string of the molecule is O=C(N1CCC2(C1)OCc1cnccc12)C1(c2ccc(O)cc2)CC1. The number of benzene rings is 1. The van der Waals surface area contributed by atoms with Gasteiger partial charge in [-0.2, -0.15) is 0 Å². The van der Waals surface area contributed by atoms with E-state index in [4.69, 9.17) is 4.74 Å². The Morgan fingerprint density at radius 1 is 1.16 bits per heavy atom. The number of carbonyl (C=O) groups is 1. The first-order chi connectivity index (χ1) is 12.1. The van der Waals surface area contributed by atoms with Crippen molar-refractivity contribution >= 4 is 5.91 Å². The van der Waals surface area contributed by atoms with E-state index in [0.29, 0.717) is 13.2 Å². The molecule has 25 heavy (non-hydrogen) atoms. The number of hydrogen-bond donors (Lipinski definition) is 1. The van der Waals surface area contributed by atoms with Crippen LogP contribution in [0.2, 0.25) is 0 Å². The van der Waals surface area contributed by atoms with Gasteiger partial charge in [-0.1, -0.05) is 12.1 Å². The van der Waals surface area contributed by atoms with Crippen LogP contribution in [0.1, 0.15) is 36.0 Å². The Labute approximate surface area is 146 Å². The molecule has 1 N–H and O–H groups in total. The second kappa shape index (κ2) is 5.05. The summed E-state index contributed by atoms with van der Waals surface area (Å²) in [5, 5.41) is 9.51. The molecular formula is C20H20N2O3. The van der Waals surface area contributed by atoms with Gasteiger partial charge in [0.25, 0.3) is 0 Å². The van der Waals surface area contributed by atoms with Crippen molar-refractivity contribution in [1.82, 2.24) is 9.88 Å². The fourth-order valence-electron chi connectivity index (χ4n) is 4.41. The van der Waals surface area contributed by atoms with Crippen LogP contribution in [0.3, 0.4) is 0 Å². The van der Waals surface area contributed by atoms with Crippen molar-refractivity contribution in [2.24, 2.45) is 0 Å². The monoisotopic (exact) mass is 336 g/mol.